The summed E-state index contributed by atoms with van der Waals surface area (Å²) in [5.41, 5.74) is 0. The maximum Gasteiger partial charge on any atom is 0.306 e. The molecule has 0 radical (unpaired) electrons. The molecule has 0 fully saturated rings. The molecule has 0 aliphatic rings. The van der Waals surface area contributed by atoms with Gasteiger partial charge in [-0.2, -0.15) is 0 Å². The Bertz CT molecular complexity index is 1230. The molecular weight excluding hydrogens is 841 g/mol. The molecule has 0 aliphatic heterocycles. The quantitative estimate of drug-likeness (QED) is 0.0262. The van der Waals surface area contributed by atoms with Gasteiger partial charge in [0.15, 0.2) is 6.10 Å². The molecule has 0 spiro atoms. The number of unbranched alkanes of at least 4 members (excludes halogenated alkanes) is 32. The molecular formula is C62H110O6. The molecule has 0 rings (SSSR count). The van der Waals surface area contributed by atoms with Crippen LogP contribution >= 0.6 is 0 Å². The fourth-order valence-electron chi connectivity index (χ4n) is 8.37. The Labute approximate surface area is 421 Å². The van der Waals surface area contributed by atoms with E-state index < -0.39 is 6.10 Å². The zero-order valence-electron chi connectivity index (χ0n) is 45.1. The van der Waals surface area contributed by atoms with Crippen molar-refractivity contribution in [2.45, 2.75) is 303 Å². The van der Waals surface area contributed by atoms with Gasteiger partial charge in [-0.25, -0.2) is 0 Å². The molecule has 0 saturated carbocycles. The number of carbonyl (C=O) groups excluding carboxylic acids is 3. The third-order valence-electron chi connectivity index (χ3n) is 12.8. The minimum absolute atomic E-state index is 0.0757. The second-order valence-electron chi connectivity index (χ2n) is 19.5. The standard InChI is InChI=1S/C62H110O6/c1-4-7-10-13-16-19-22-24-26-28-29-30-31-32-33-34-36-37-40-43-46-49-52-55-61(64)67-58-59(57-66-60(63)54-51-48-45-42-39-21-18-15-12-9-6-3)68-62(65)56-53-50-47-44-41-38-35-27-25-23-20-17-14-11-8-5-2/h7,10,16,19,24,26-27,29-30,35,59H,4-6,8-9,11-15,17-18,20-23,25,28,31-34,36-58H2,1-3H3/b10-7-,19-16-,26-24-,30-29-,35-27-. The summed E-state index contributed by atoms with van der Waals surface area (Å²) < 4.78 is 16.9. The first-order valence-corrected chi connectivity index (χ1v) is 29.3. The van der Waals surface area contributed by atoms with Crippen LogP contribution in [0.2, 0.25) is 0 Å². The lowest BCUT2D eigenvalue weighted by atomic mass is 10.1. The van der Waals surface area contributed by atoms with Gasteiger partial charge >= 0.3 is 17.9 Å². The molecule has 6 nitrogen and oxygen atoms in total. The lowest BCUT2D eigenvalue weighted by Crippen LogP contribution is -2.30. The number of esters is 3. The average molecular weight is 952 g/mol. The van der Waals surface area contributed by atoms with Gasteiger partial charge in [-0.15, -0.1) is 0 Å². The third-order valence-corrected chi connectivity index (χ3v) is 12.8. The van der Waals surface area contributed by atoms with Crippen LogP contribution in [0.5, 0.6) is 0 Å². The van der Waals surface area contributed by atoms with E-state index in [1.165, 1.54) is 167 Å². The number of hydrogen-bond donors (Lipinski definition) is 0. The Hall–Kier alpha value is -2.89. The smallest absolute Gasteiger partial charge is 0.306 e. The Morgan fingerprint density at radius 3 is 0.912 bits per heavy atom. The van der Waals surface area contributed by atoms with E-state index >= 15 is 0 Å². The van der Waals surface area contributed by atoms with Gasteiger partial charge in [0.25, 0.3) is 0 Å². The van der Waals surface area contributed by atoms with Gasteiger partial charge < -0.3 is 14.2 Å². The topological polar surface area (TPSA) is 78.9 Å². The van der Waals surface area contributed by atoms with Gasteiger partial charge in [-0.05, 0) is 83.5 Å². The molecule has 0 bridgehead atoms. The highest BCUT2D eigenvalue weighted by Crippen LogP contribution is 2.16. The maximum absolute atomic E-state index is 12.8. The fraction of sp³-hybridized carbons (Fsp3) is 0.790. The first-order chi connectivity index (χ1) is 33.5. The van der Waals surface area contributed by atoms with Crippen molar-refractivity contribution in [2.24, 2.45) is 0 Å². The second-order valence-corrected chi connectivity index (χ2v) is 19.5. The number of hydrogen-bond acceptors (Lipinski definition) is 6. The van der Waals surface area contributed by atoms with Crippen molar-refractivity contribution in [3.05, 3.63) is 60.8 Å². The highest BCUT2D eigenvalue weighted by Gasteiger charge is 2.19. The number of carbonyl (C=O) groups is 3. The summed E-state index contributed by atoms with van der Waals surface area (Å²) in [4.78, 5) is 38.1. The lowest BCUT2D eigenvalue weighted by molar-refractivity contribution is -0.167. The molecule has 0 amide bonds. The first kappa shape index (κ1) is 65.1. The van der Waals surface area contributed by atoms with Crippen LogP contribution in [0.4, 0.5) is 0 Å². The molecule has 0 aromatic carbocycles. The van der Waals surface area contributed by atoms with E-state index in [1.54, 1.807) is 0 Å². The summed E-state index contributed by atoms with van der Waals surface area (Å²) in [5, 5.41) is 0. The molecule has 68 heavy (non-hydrogen) atoms. The molecule has 6 heteroatoms. The van der Waals surface area contributed by atoms with Gasteiger partial charge in [-0.1, -0.05) is 255 Å². The molecule has 1 atom stereocenters. The monoisotopic (exact) mass is 951 g/mol. The predicted molar refractivity (Wildman–Crippen MR) is 293 cm³/mol. The van der Waals surface area contributed by atoms with E-state index in [4.69, 9.17) is 14.2 Å². The van der Waals surface area contributed by atoms with Gasteiger partial charge in [0.05, 0.1) is 0 Å². The summed E-state index contributed by atoms with van der Waals surface area (Å²) in [5.74, 6) is -0.877. The zero-order chi connectivity index (χ0) is 49.3. The van der Waals surface area contributed by atoms with Crippen LogP contribution in [-0.4, -0.2) is 37.2 Å². The van der Waals surface area contributed by atoms with Crippen molar-refractivity contribution < 1.29 is 28.6 Å². The summed E-state index contributed by atoms with van der Waals surface area (Å²) >= 11 is 0. The maximum atomic E-state index is 12.8. The second kappa shape index (κ2) is 56.7. The number of rotatable bonds is 53. The highest BCUT2D eigenvalue weighted by molar-refractivity contribution is 5.71. The largest absolute Gasteiger partial charge is 0.462 e. The molecule has 394 valence electrons. The van der Waals surface area contributed by atoms with Crippen LogP contribution in [0, 0.1) is 0 Å². The minimum atomic E-state index is -0.777. The van der Waals surface area contributed by atoms with E-state index in [1.807, 2.05) is 0 Å². The summed E-state index contributed by atoms with van der Waals surface area (Å²) in [7, 11) is 0. The molecule has 0 saturated heterocycles. The van der Waals surface area contributed by atoms with E-state index in [9.17, 15) is 14.4 Å². The van der Waals surface area contributed by atoms with Gasteiger partial charge in [0.2, 0.25) is 0 Å². The van der Waals surface area contributed by atoms with Crippen LogP contribution in [0.15, 0.2) is 60.8 Å². The SMILES string of the molecule is CC/C=C\C/C=C\C/C=C\C/C=C\CCCCCCCCCCCCC(=O)OCC(COC(=O)CCCCCCCCCCCCC)OC(=O)CCCCCCC/C=C\CCCCCCCCC. The molecule has 0 aliphatic carbocycles. The summed E-state index contributed by atoms with van der Waals surface area (Å²) in [6, 6.07) is 0. The van der Waals surface area contributed by atoms with E-state index in [0.29, 0.717) is 19.3 Å². The summed E-state index contributed by atoms with van der Waals surface area (Å²) in [6.45, 7) is 6.53. The zero-order valence-corrected chi connectivity index (χ0v) is 45.1. The van der Waals surface area contributed by atoms with Crippen molar-refractivity contribution in [3.63, 3.8) is 0 Å². The molecule has 0 aromatic rings. The lowest BCUT2D eigenvalue weighted by Gasteiger charge is -2.18. The van der Waals surface area contributed by atoms with Gasteiger partial charge in [-0.3, -0.25) is 14.4 Å². The Balaban J connectivity index is 4.29. The van der Waals surface area contributed by atoms with Crippen molar-refractivity contribution in [3.8, 4) is 0 Å². The molecule has 1 unspecified atom stereocenters. The molecule has 0 N–H and O–H groups in total. The van der Waals surface area contributed by atoms with Crippen LogP contribution in [0.25, 0.3) is 0 Å². The van der Waals surface area contributed by atoms with Crippen molar-refractivity contribution in [1.29, 1.82) is 0 Å². The van der Waals surface area contributed by atoms with Crippen LogP contribution in [0.1, 0.15) is 297 Å². The average Bonchev–Trinajstić information content (AvgIpc) is 3.34. The first-order valence-electron chi connectivity index (χ1n) is 29.3. The van der Waals surface area contributed by atoms with Crippen LogP contribution in [0.3, 0.4) is 0 Å². The highest BCUT2D eigenvalue weighted by atomic mass is 16.6. The fourth-order valence-corrected chi connectivity index (χ4v) is 8.37. The van der Waals surface area contributed by atoms with E-state index in [-0.39, 0.29) is 31.1 Å². The molecule has 0 heterocycles. The van der Waals surface area contributed by atoms with E-state index in [2.05, 4.69) is 81.5 Å². The minimum Gasteiger partial charge on any atom is -0.462 e. The van der Waals surface area contributed by atoms with Crippen LogP contribution < -0.4 is 0 Å². The summed E-state index contributed by atoms with van der Waals surface area (Å²) in [6.07, 6.45) is 70.7. The Morgan fingerprint density at radius 2 is 0.574 bits per heavy atom. The van der Waals surface area contributed by atoms with Crippen molar-refractivity contribution in [2.75, 3.05) is 13.2 Å². The van der Waals surface area contributed by atoms with Crippen molar-refractivity contribution >= 4 is 17.9 Å². The number of allylic oxidation sites excluding steroid dienone is 10. The predicted octanol–water partition coefficient (Wildman–Crippen LogP) is 19.6. The number of ether oxygens (including phenoxy) is 3. The third kappa shape index (κ3) is 54.1. The van der Waals surface area contributed by atoms with E-state index in [0.717, 1.165) is 89.9 Å². The molecule has 0 aromatic heterocycles. The van der Waals surface area contributed by atoms with Crippen molar-refractivity contribution in [1.82, 2.24) is 0 Å². The Morgan fingerprint density at radius 1 is 0.309 bits per heavy atom. The van der Waals surface area contributed by atoms with Gasteiger partial charge in [0, 0.05) is 19.3 Å². The van der Waals surface area contributed by atoms with Gasteiger partial charge in [0.1, 0.15) is 13.2 Å². The van der Waals surface area contributed by atoms with Crippen LogP contribution in [-0.2, 0) is 28.6 Å². The Kier molecular flexibility index (Phi) is 54.3. The normalized spacial score (nSPS) is 12.5.